The third kappa shape index (κ3) is 6.69. The normalized spacial score (nSPS) is 15.5. The van der Waals surface area contributed by atoms with Gasteiger partial charge in [0.25, 0.3) is 0 Å². The van der Waals surface area contributed by atoms with Crippen LogP contribution >= 0.6 is 11.3 Å². The minimum atomic E-state index is -0.0734. The van der Waals surface area contributed by atoms with E-state index in [1.54, 1.807) is 16.2 Å². The summed E-state index contributed by atoms with van der Waals surface area (Å²) >= 11 is 1.78. The monoisotopic (exact) mass is 468 g/mol. The Morgan fingerprint density at radius 2 is 1.76 bits per heavy atom. The average molecular weight is 469 g/mol. The number of carbonyl (C=O) groups excluding carboxylic acids is 2. The van der Waals surface area contributed by atoms with Crippen LogP contribution in [0.15, 0.2) is 35.7 Å². The summed E-state index contributed by atoms with van der Waals surface area (Å²) in [5, 5.41) is 2.13. The number of rotatable bonds is 11. The Bertz CT molecular complexity index is 903. The zero-order valence-corrected chi connectivity index (χ0v) is 21.6. The molecule has 2 aromatic rings. The van der Waals surface area contributed by atoms with Gasteiger partial charge in [-0.3, -0.25) is 9.59 Å². The number of hydrogen-bond acceptors (Lipinski definition) is 3. The molecule has 180 valence electrons. The highest BCUT2D eigenvalue weighted by Crippen LogP contribution is 2.38. The zero-order valence-electron chi connectivity index (χ0n) is 20.8. The smallest absolute Gasteiger partial charge is 0.243 e. The first-order chi connectivity index (χ1) is 15.9. The minimum Gasteiger partial charge on any atom is -0.331 e. The molecule has 0 bridgehead atoms. The van der Waals surface area contributed by atoms with Crippen molar-refractivity contribution in [3.05, 3.63) is 57.3 Å². The fourth-order valence-electron chi connectivity index (χ4n) is 4.69. The van der Waals surface area contributed by atoms with E-state index in [1.165, 1.54) is 41.7 Å². The molecule has 0 aliphatic carbocycles. The molecule has 2 amide bonds. The van der Waals surface area contributed by atoms with Gasteiger partial charge in [-0.05, 0) is 56.2 Å². The van der Waals surface area contributed by atoms with Crippen molar-refractivity contribution < 1.29 is 9.59 Å². The van der Waals surface area contributed by atoms with Gasteiger partial charge < -0.3 is 9.80 Å². The van der Waals surface area contributed by atoms with E-state index in [0.717, 1.165) is 24.8 Å². The van der Waals surface area contributed by atoms with Crippen molar-refractivity contribution in [2.75, 3.05) is 13.1 Å². The number of nitrogens with zero attached hydrogens (tertiary/aromatic N) is 2. The molecule has 33 heavy (non-hydrogen) atoms. The third-order valence-corrected chi connectivity index (χ3v) is 7.67. The summed E-state index contributed by atoms with van der Waals surface area (Å²) in [6, 6.07) is 10.6. The van der Waals surface area contributed by atoms with Crippen molar-refractivity contribution in [1.82, 2.24) is 9.80 Å². The molecule has 0 N–H and O–H groups in total. The van der Waals surface area contributed by atoms with Crippen LogP contribution in [0.3, 0.4) is 0 Å². The highest BCUT2D eigenvalue weighted by molar-refractivity contribution is 7.10. The summed E-state index contributed by atoms with van der Waals surface area (Å²) in [6.45, 7) is 9.18. The van der Waals surface area contributed by atoms with Gasteiger partial charge in [0, 0.05) is 23.9 Å². The second-order valence-corrected chi connectivity index (χ2v) is 10.6. The number of aryl methyl sites for hydroxylation is 1. The number of benzene rings is 1. The maximum atomic E-state index is 13.6. The van der Waals surface area contributed by atoms with E-state index >= 15 is 0 Å². The van der Waals surface area contributed by atoms with Crippen LogP contribution in [0.2, 0.25) is 0 Å². The molecule has 1 aromatic heterocycles. The number of unbranched alkanes of at least 4 members (excludes halogenated alkanes) is 5. The Labute approximate surface area is 204 Å². The van der Waals surface area contributed by atoms with Gasteiger partial charge >= 0.3 is 0 Å². The van der Waals surface area contributed by atoms with Gasteiger partial charge in [-0.25, -0.2) is 0 Å². The molecular weight excluding hydrogens is 428 g/mol. The van der Waals surface area contributed by atoms with Crippen molar-refractivity contribution in [1.29, 1.82) is 0 Å². The Kier molecular flexibility index (Phi) is 9.54. The van der Waals surface area contributed by atoms with Crippen molar-refractivity contribution in [2.24, 2.45) is 0 Å². The summed E-state index contributed by atoms with van der Waals surface area (Å²) in [7, 11) is 0. The van der Waals surface area contributed by atoms with Crippen molar-refractivity contribution in [3.8, 4) is 0 Å². The lowest BCUT2D eigenvalue weighted by Crippen LogP contribution is -2.48. The summed E-state index contributed by atoms with van der Waals surface area (Å²) in [4.78, 5) is 31.7. The van der Waals surface area contributed by atoms with E-state index in [4.69, 9.17) is 0 Å². The van der Waals surface area contributed by atoms with Crippen LogP contribution < -0.4 is 0 Å². The number of hydrogen-bond donors (Lipinski definition) is 0. The predicted molar refractivity (Wildman–Crippen MR) is 138 cm³/mol. The largest absolute Gasteiger partial charge is 0.331 e. The molecule has 5 heteroatoms. The number of fused-ring (bicyclic) bond motifs is 1. The summed E-state index contributed by atoms with van der Waals surface area (Å²) in [6.07, 6.45) is 8.36. The van der Waals surface area contributed by atoms with Gasteiger partial charge in [0.1, 0.15) is 6.54 Å². The Balaban J connectivity index is 1.69. The maximum Gasteiger partial charge on any atom is 0.243 e. The van der Waals surface area contributed by atoms with Crippen molar-refractivity contribution >= 4 is 23.2 Å². The van der Waals surface area contributed by atoms with Gasteiger partial charge in [-0.2, -0.15) is 0 Å². The first-order valence-electron chi connectivity index (χ1n) is 12.6. The SMILES string of the molecule is CCCCCCCCC(=O)N(CC(=O)N1CCc2sccc2C1c1ccc(C)cc1)C(C)C. The first kappa shape index (κ1) is 25.5. The Morgan fingerprint density at radius 1 is 1.06 bits per heavy atom. The molecule has 3 rings (SSSR count). The summed E-state index contributed by atoms with van der Waals surface area (Å²) in [5.41, 5.74) is 3.59. The minimum absolute atomic E-state index is 0.0147. The number of thiophene rings is 1. The molecule has 0 saturated heterocycles. The van der Waals surface area contributed by atoms with Crippen LogP contribution in [0.4, 0.5) is 0 Å². The van der Waals surface area contributed by atoms with Crippen LogP contribution in [0.25, 0.3) is 0 Å². The lowest BCUT2D eigenvalue weighted by atomic mass is 9.92. The van der Waals surface area contributed by atoms with Gasteiger partial charge in [0.05, 0.1) is 6.04 Å². The maximum absolute atomic E-state index is 13.6. The molecule has 1 aliphatic heterocycles. The van der Waals surface area contributed by atoms with Gasteiger partial charge in [0.2, 0.25) is 11.8 Å². The first-order valence-corrected chi connectivity index (χ1v) is 13.5. The number of amides is 2. The highest BCUT2D eigenvalue weighted by Gasteiger charge is 2.34. The van der Waals surface area contributed by atoms with Gasteiger partial charge in [0.15, 0.2) is 0 Å². The van der Waals surface area contributed by atoms with E-state index in [9.17, 15) is 9.59 Å². The highest BCUT2D eigenvalue weighted by atomic mass is 32.1. The lowest BCUT2D eigenvalue weighted by molar-refractivity contribution is -0.143. The quantitative estimate of drug-likeness (QED) is 0.352. The van der Waals surface area contributed by atoms with E-state index in [1.807, 2.05) is 18.7 Å². The Hall–Kier alpha value is -2.14. The second kappa shape index (κ2) is 12.4. The van der Waals surface area contributed by atoms with E-state index < -0.39 is 0 Å². The van der Waals surface area contributed by atoms with Crippen LogP contribution in [-0.4, -0.2) is 40.7 Å². The average Bonchev–Trinajstić information content (AvgIpc) is 3.28. The molecule has 0 radical (unpaired) electrons. The molecule has 0 saturated carbocycles. The van der Waals surface area contributed by atoms with E-state index in [2.05, 4.69) is 49.6 Å². The topological polar surface area (TPSA) is 40.6 Å². The molecule has 1 unspecified atom stereocenters. The standard InChI is InChI=1S/C28H40N2O2S/c1-5-6-7-8-9-10-11-26(31)30(21(2)3)20-27(32)29-18-16-25-24(17-19-33-25)28(29)23-14-12-22(4)13-15-23/h12-15,17,19,21,28H,5-11,16,18,20H2,1-4H3. The van der Waals surface area contributed by atoms with Gasteiger partial charge in [-0.1, -0.05) is 68.9 Å². The van der Waals surface area contributed by atoms with Crippen molar-refractivity contribution in [2.45, 2.75) is 91.1 Å². The fraction of sp³-hybridized carbons (Fsp3) is 0.571. The van der Waals surface area contributed by atoms with Crippen LogP contribution in [-0.2, 0) is 16.0 Å². The second-order valence-electron chi connectivity index (χ2n) is 9.58. The summed E-state index contributed by atoms with van der Waals surface area (Å²) < 4.78 is 0. The van der Waals surface area contributed by atoms with Crippen molar-refractivity contribution in [3.63, 3.8) is 0 Å². The summed E-state index contributed by atoms with van der Waals surface area (Å²) in [5.74, 6) is 0.149. The van der Waals surface area contributed by atoms with Crippen LogP contribution in [0.5, 0.6) is 0 Å². The molecule has 2 heterocycles. The van der Waals surface area contributed by atoms with E-state index in [0.29, 0.717) is 13.0 Å². The molecule has 4 nitrogen and oxygen atoms in total. The third-order valence-electron chi connectivity index (χ3n) is 6.67. The molecule has 1 aromatic carbocycles. The molecule has 1 aliphatic rings. The molecule has 1 atom stereocenters. The lowest BCUT2D eigenvalue weighted by Gasteiger charge is -2.38. The molecule has 0 spiro atoms. The van der Waals surface area contributed by atoms with Gasteiger partial charge in [-0.15, -0.1) is 11.3 Å². The molecular formula is C28H40N2O2S. The Morgan fingerprint density at radius 3 is 2.45 bits per heavy atom. The predicted octanol–water partition coefficient (Wildman–Crippen LogP) is 6.52. The van der Waals surface area contributed by atoms with Crippen LogP contribution in [0.1, 0.15) is 93.3 Å². The zero-order chi connectivity index (χ0) is 23.8. The fourth-order valence-corrected chi connectivity index (χ4v) is 5.59. The number of carbonyl (C=O) groups is 2. The van der Waals surface area contributed by atoms with E-state index in [-0.39, 0.29) is 30.4 Å². The van der Waals surface area contributed by atoms with Crippen LogP contribution in [0, 0.1) is 6.92 Å². The molecule has 0 fully saturated rings.